The van der Waals surface area contributed by atoms with Crippen molar-refractivity contribution in [1.82, 2.24) is 10.2 Å². The molecule has 0 bridgehead atoms. The summed E-state index contributed by atoms with van der Waals surface area (Å²) in [6.45, 7) is 10.9. The maximum absolute atomic E-state index is 3.65. The minimum absolute atomic E-state index is 0.506. The van der Waals surface area contributed by atoms with E-state index in [2.05, 4.69) is 31.0 Å². The van der Waals surface area contributed by atoms with E-state index < -0.39 is 0 Å². The third-order valence-electron chi connectivity index (χ3n) is 4.56. The van der Waals surface area contributed by atoms with E-state index in [1.54, 1.807) is 0 Å². The number of piperidine rings is 1. The Morgan fingerprint density at radius 3 is 3.00 bits per heavy atom. The van der Waals surface area contributed by atoms with Gasteiger partial charge in [-0.25, -0.2) is 0 Å². The number of likely N-dealkylation sites (tertiary alicyclic amines) is 1. The van der Waals surface area contributed by atoms with Crippen LogP contribution in [0.25, 0.3) is 0 Å². The lowest BCUT2D eigenvalue weighted by Gasteiger charge is -2.47. The van der Waals surface area contributed by atoms with Crippen molar-refractivity contribution in [1.29, 1.82) is 0 Å². The van der Waals surface area contributed by atoms with Crippen LogP contribution in [0, 0.1) is 5.92 Å². The quantitative estimate of drug-likeness (QED) is 0.793. The Balaban J connectivity index is 2.06. The zero-order chi connectivity index (χ0) is 11.6. The highest BCUT2D eigenvalue weighted by atomic mass is 15.3. The van der Waals surface area contributed by atoms with Gasteiger partial charge in [0.15, 0.2) is 0 Å². The third-order valence-corrected chi connectivity index (χ3v) is 4.56. The standard InChI is InChI=1S/C14H28N2/c1-4-6-13(3)16-8-5-7-14(16)9-12(2)10-15-11-14/h12-13,15H,4-11H2,1-3H3. The number of hydrogen-bond donors (Lipinski definition) is 1. The van der Waals surface area contributed by atoms with Crippen molar-refractivity contribution >= 4 is 0 Å². The van der Waals surface area contributed by atoms with Crippen molar-refractivity contribution in [3.63, 3.8) is 0 Å². The van der Waals surface area contributed by atoms with Gasteiger partial charge in [-0.15, -0.1) is 0 Å². The lowest BCUT2D eigenvalue weighted by Crippen LogP contribution is -2.58. The van der Waals surface area contributed by atoms with Crippen LogP contribution in [0.1, 0.15) is 52.9 Å². The van der Waals surface area contributed by atoms with Gasteiger partial charge in [-0.1, -0.05) is 20.3 Å². The predicted octanol–water partition coefficient (Wildman–Crippen LogP) is 2.64. The summed E-state index contributed by atoms with van der Waals surface area (Å²) in [4.78, 5) is 2.82. The van der Waals surface area contributed by atoms with Crippen LogP contribution in [0.5, 0.6) is 0 Å². The first-order valence-electron chi connectivity index (χ1n) is 7.15. The van der Waals surface area contributed by atoms with Crippen molar-refractivity contribution in [2.45, 2.75) is 64.5 Å². The molecule has 2 aliphatic rings. The van der Waals surface area contributed by atoms with Crippen LogP contribution in [0.3, 0.4) is 0 Å². The average molecular weight is 224 g/mol. The van der Waals surface area contributed by atoms with Crippen LogP contribution >= 0.6 is 0 Å². The molecule has 1 spiro atoms. The van der Waals surface area contributed by atoms with Crippen molar-refractivity contribution in [2.75, 3.05) is 19.6 Å². The molecule has 16 heavy (non-hydrogen) atoms. The Labute approximate surface area is 101 Å². The fourth-order valence-corrected chi connectivity index (χ4v) is 3.97. The van der Waals surface area contributed by atoms with Crippen LogP contribution in [0.15, 0.2) is 0 Å². The van der Waals surface area contributed by atoms with Gasteiger partial charge in [-0.05, 0) is 51.6 Å². The minimum atomic E-state index is 0.506. The Kier molecular flexibility index (Phi) is 3.91. The second-order valence-corrected chi connectivity index (χ2v) is 6.10. The van der Waals surface area contributed by atoms with E-state index >= 15 is 0 Å². The van der Waals surface area contributed by atoms with Crippen molar-refractivity contribution in [2.24, 2.45) is 5.92 Å². The van der Waals surface area contributed by atoms with E-state index in [9.17, 15) is 0 Å². The molecular weight excluding hydrogens is 196 g/mol. The first kappa shape index (κ1) is 12.4. The van der Waals surface area contributed by atoms with E-state index in [4.69, 9.17) is 0 Å². The highest BCUT2D eigenvalue weighted by Gasteiger charge is 2.44. The summed E-state index contributed by atoms with van der Waals surface area (Å²) in [7, 11) is 0. The number of nitrogens with zero attached hydrogens (tertiary/aromatic N) is 1. The Hall–Kier alpha value is -0.0800. The maximum atomic E-state index is 3.65. The van der Waals surface area contributed by atoms with Crippen LogP contribution in [0.4, 0.5) is 0 Å². The van der Waals surface area contributed by atoms with Crippen LogP contribution in [-0.4, -0.2) is 36.1 Å². The molecule has 2 heteroatoms. The second-order valence-electron chi connectivity index (χ2n) is 6.10. The molecule has 3 unspecified atom stereocenters. The van der Waals surface area contributed by atoms with E-state index in [-0.39, 0.29) is 0 Å². The van der Waals surface area contributed by atoms with Gasteiger partial charge < -0.3 is 5.32 Å². The van der Waals surface area contributed by atoms with Gasteiger partial charge >= 0.3 is 0 Å². The molecule has 0 saturated carbocycles. The Bertz CT molecular complexity index is 229. The van der Waals surface area contributed by atoms with Gasteiger partial charge in [0.1, 0.15) is 0 Å². The minimum Gasteiger partial charge on any atom is -0.315 e. The fraction of sp³-hybridized carbons (Fsp3) is 1.00. The van der Waals surface area contributed by atoms with Crippen molar-refractivity contribution < 1.29 is 0 Å². The van der Waals surface area contributed by atoms with Crippen LogP contribution < -0.4 is 5.32 Å². The number of hydrogen-bond acceptors (Lipinski definition) is 2. The topological polar surface area (TPSA) is 15.3 Å². The SMILES string of the molecule is CCCC(C)N1CCCC12CNCC(C)C2. The van der Waals surface area contributed by atoms with Gasteiger partial charge in [-0.3, -0.25) is 4.90 Å². The molecule has 2 rings (SSSR count). The molecule has 0 radical (unpaired) electrons. The molecule has 2 nitrogen and oxygen atoms in total. The maximum Gasteiger partial charge on any atom is 0.0340 e. The summed E-state index contributed by atoms with van der Waals surface area (Å²) >= 11 is 0. The molecule has 0 aromatic rings. The molecule has 1 N–H and O–H groups in total. The van der Waals surface area contributed by atoms with Crippen LogP contribution in [-0.2, 0) is 0 Å². The number of rotatable bonds is 3. The largest absolute Gasteiger partial charge is 0.315 e. The molecule has 0 aliphatic carbocycles. The third kappa shape index (κ3) is 2.28. The molecule has 0 aromatic carbocycles. The average Bonchev–Trinajstić information content (AvgIpc) is 2.61. The monoisotopic (exact) mass is 224 g/mol. The Morgan fingerprint density at radius 2 is 2.31 bits per heavy atom. The first-order valence-corrected chi connectivity index (χ1v) is 7.15. The van der Waals surface area contributed by atoms with E-state index in [1.165, 1.54) is 51.7 Å². The first-order chi connectivity index (χ1) is 7.68. The van der Waals surface area contributed by atoms with Crippen molar-refractivity contribution in [3.8, 4) is 0 Å². The highest BCUT2D eigenvalue weighted by molar-refractivity contribution is 5.02. The van der Waals surface area contributed by atoms with Gasteiger partial charge in [0, 0.05) is 18.1 Å². The second kappa shape index (κ2) is 5.05. The molecule has 0 aromatic heterocycles. The smallest absolute Gasteiger partial charge is 0.0340 e. The molecule has 0 amide bonds. The van der Waals surface area contributed by atoms with E-state index in [1.807, 2.05) is 0 Å². The van der Waals surface area contributed by atoms with E-state index in [0.29, 0.717) is 5.54 Å². The summed E-state index contributed by atoms with van der Waals surface area (Å²) in [5.41, 5.74) is 0.506. The summed E-state index contributed by atoms with van der Waals surface area (Å²) < 4.78 is 0. The highest BCUT2D eigenvalue weighted by Crippen LogP contribution is 2.38. The van der Waals surface area contributed by atoms with Gasteiger partial charge in [0.05, 0.1) is 0 Å². The van der Waals surface area contributed by atoms with Gasteiger partial charge in [0.2, 0.25) is 0 Å². The molecule has 2 saturated heterocycles. The molecule has 94 valence electrons. The summed E-state index contributed by atoms with van der Waals surface area (Å²) in [6.07, 6.45) is 6.90. The van der Waals surface area contributed by atoms with Gasteiger partial charge in [0.25, 0.3) is 0 Å². The molecule has 2 fully saturated rings. The Morgan fingerprint density at radius 1 is 1.50 bits per heavy atom. The van der Waals surface area contributed by atoms with Crippen molar-refractivity contribution in [3.05, 3.63) is 0 Å². The fourth-order valence-electron chi connectivity index (χ4n) is 3.97. The summed E-state index contributed by atoms with van der Waals surface area (Å²) in [5, 5.41) is 3.65. The number of nitrogens with one attached hydrogen (secondary N) is 1. The summed E-state index contributed by atoms with van der Waals surface area (Å²) in [5.74, 6) is 0.850. The lowest BCUT2D eigenvalue weighted by molar-refractivity contribution is 0.0491. The molecule has 2 aliphatic heterocycles. The lowest BCUT2D eigenvalue weighted by atomic mass is 9.81. The molecule has 3 atom stereocenters. The normalized spacial score (nSPS) is 38.1. The zero-order valence-corrected chi connectivity index (χ0v) is 11.3. The predicted molar refractivity (Wildman–Crippen MR) is 69.7 cm³/mol. The molecular formula is C14H28N2. The van der Waals surface area contributed by atoms with E-state index in [0.717, 1.165) is 12.0 Å². The zero-order valence-electron chi connectivity index (χ0n) is 11.3. The summed E-state index contributed by atoms with van der Waals surface area (Å²) in [6, 6.07) is 0.777. The molecule has 2 heterocycles. The van der Waals surface area contributed by atoms with Crippen LogP contribution in [0.2, 0.25) is 0 Å². The van der Waals surface area contributed by atoms with Gasteiger partial charge in [-0.2, -0.15) is 0 Å².